The number of carbonyl (C=O) groups is 3. The van der Waals surface area contributed by atoms with Crippen molar-refractivity contribution in [3.05, 3.63) is 70.7 Å². The van der Waals surface area contributed by atoms with Gasteiger partial charge in [-0.3, -0.25) is 9.59 Å². The van der Waals surface area contributed by atoms with Crippen molar-refractivity contribution in [3.63, 3.8) is 0 Å². The molecule has 0 bridgehead atoms. The maximum atomic E-state index is 13.6. The molecule has 1 N–H and O–H groups in total. The zero-order valence-electron chi connectivity index (χ0n) is 13.0. The van der Waals surface area contributed by atoms with Gasteiger partial charge in [-0.2, -0.15) is 0 Å². The first kappa shape index (κ1) is 15.1. The fourth-order valence-electron chi connectivity index (χ4n) is 2.81. The number of hydrogen-bond donors (Lipinski definition) is 1. The van der Waals surface area contributed by atoms with Crippen LogP contribution in [0, 0.1) is 12.7 Å². The number of nitrogens with one attached hydrogen (secondary N) is 1. The van der Waals surface area contributed by atoms with Gasteiger partial charge in [0.2, 0.25) is 0 Å². The van der Waals surface area contributed by atoms with E-state index in [1.807, 2.05) is 0 Å². The molecule has 0 aliphatic carbocycles. The highest BCUT2D eigenvalue weighted by molar-refractivity contribution is 6.21. The molecule has 1 aromatic heterocycles. The third-order valence-corrected chi connectivity index (χ3v) is 4.16. The van der Waals surface area contributed by atoms with E-state index in [1.54, 1.807) is 19.1 Å². The van der Waals surface area contributed by atoms with Crippen molar-refractivity contribution in [1.29, 1.82) is 0 Å². The summed E-state index contributed by atoms with van der Waals surface area (Å²) in [6.07, 6.45) is 0. The summed E-state index contributed by atoms with van der Waals surface area (Å²) in [7, 11) is 0. The van der Waals surface area contributed by atoms with Gasteiger partial charge in [0.1, 0.15) is 11.5 Å². The lowest BCUT2D eigenvalue weighted by molar-refractivity contribution is -0.0587. The largest absolute Gasteiger partial charge is 0.380 e. The van der Waals surface area contributed by atoms with Gasteiger partial charge in [0.05, 0.1) is 11.1 Å². The number of hydrogen-bond acceptors (Lipinski definition) is 4. The Morgan fingerprint density at radius 1 is 1.08 bits per heavy atom. The molecule has 4 rings (SSSR count). The normalized spacial score (nSPS) is 13.4. The molecule has 0 atom stereocenters. The summed E-state index contributed by atoms with van der Waals surface area (Å²) in [6, 6.07) is 10.4. The molecule has 0 fully saturated rings. The summed E-state index contributed by atoms with van der Waals surface area (Å²) < 4.78 is 13.6. The molecule has 1 aliphatic heterocycles. The van der Waals surface area contributed by atoms with Crippen molar-refractivity contribution in [2.45, 2.75) is 6.92 Å². The minimum Gasteiger partial charge on any atom is -0.349 e. The summed E-state index contributed by atoms with van der Waals surface area (Å²) in [5, 5.41) is 0.959. The number of nitrogens with zero attached hydrogens (tertiary/aromatic N) is 1. The average Bonchev–Trinajstić information content (AvgIpc) is 3.15. The highest BCUT2D eigenvalue weighted by Gasteiger charge is 2.39. The maximum absolute atomic E-state index is 13.6. The third-order valence-electron chi connectivity index (χ3n) is 4.16. The number of rotatable bonds is 2. The highest BCUT2D eigenvalue weighted by atomic mass is 19.1. The van der Waals surface area contributed by atoms with Gasteiger partial charge >= 0.3 is 5.97 Å². The van der Waals surface area contributed by atoms with Gasteiger partial charge in [0.15, 0.2) is 0 Å². The predicted molar refractivity (Wildman–Crippen MR) is 85.4 cm³/mol. The lowest BCUT2D eigenvalue weighted by Gasteiger charge is -2.11. The molecule has 7 heteroatoms. The second-order valence-electron chi connectivity index (χ2n) is 5.65. The molecule has 0 saturated heterocycles. The van der Waals surface area contributed by atoms with Crippen molar-refractivity contribution in [2.75, 3.05) is 0 Å². The summed E-state index contributed by atoms with van der Waals surface area (Å²) in [5.41, 5.74) is 1.30. The van der Waals surface area contributed by atoms with Gasteiger partial charge < -0.3 is 9.82 Å². The molecule has 124 valence electrons. The number of hydroxylamine groups is 2. The second-order valence-corrected chi connectivity index (χ2v) is 5.65. The number of aromatic amines is 1. The number of halogens is 1. The number of benzene rings is 2. The zero-order chi connectivity index (χ0) is 17.7. The highest BCUT2D eigenvalue weighted by Crippen LogP contribution is 2.25. The summed E-state index contributed by atoms with van der Waals surface area (Å²) >= 11 is 0. The van der Waals surface area contributed by atoms with Gasteiger partial charge in [-0.25, -0.2) is 9.18 Å². The van der Waals surface area contributed by atoms with Crippen LogP contribution < -0.4 is 0 Å². The first-order valence-corrected chi connectivity index (χ1v) is 7.45. The zero-order valence-corrected chi connectivity index (χ0v) is 13.0. The van der Waals surface area contributed by atoms with Gasteiger partial charge in [-0.1, -0.05) is 17.2 Å². The van der Waals surface area contributed by atoms with Crippen LogP contribution in [-0.2, 0) is 4.84 Å². The Bertz CT molecular complexity index is 1040. The summed E-state index contributed by atoms with van der Waals surface area (Å²) in [6.45, 7) is 1.59. The van der Waals surface area contributed by atoms with E-state index in [0.29, 0.717) is 21.5 Å². The standard InChI is InChI=1S/C18H11FN2O4/c1-9-12-8-15(20-14(12)7-6-13(9)19)18(24)25-21-16(22)10-4-2-3-5-11(10)17(21)23/h2-8,20H,1H3. The molecule has 25 heavy (non-hydrogen) atoms. The Kier molecular flexibility index (Phi) is 3.18. The van der Waals surface area contributed by atoms with Crippen LogP contribution in [0.15, 0.2) is 42.5 Å². The molecule has 2 amide bonds. The van der Waals surface area contributed by atoms with Crippen molar-refractivity contribution < 1.29 is 23.6 Å². The Morgan fingerprint density at radius 2 is 1.72 bits per heavy atom. The van der Waals surface area contributed by atoms with Gasteiger partial charge in [0.25, 0.3) is 11.8 Å². The molecule has 0 unspecified atom stereocenters. The Morgan fingerprint density at radius 3 is 2.36 bits per heavy atom. The molecule has 3 aromatic rings. The average molecular weight is 338 g/mol. The fourth-order valence-corrected chi connectivity index (χ4v) is 2.81. The monoisotopic (exact) mass is 338 g/mol. The Hall–Kier alpha value is -3.48. The fraction of sp³-hybridized carbons (Fsp3) is 0.0556. The van der Waals surface area contributed by atoms with E-state index in [1.165, 1.54) is 30.3 Å². The maximum Gasteiger partial charge on any atom is 0.380 e. The molecular weight excluding hydrogens is 327 g/mol. The lowest BCUT2D eigenvalue weighted by atomic mass is 10.1. The van der Waals surface area contributed by atoms with E-state index < -0.39 is 23.6 Å². The van der Waals surface area contributed by atoms with Crippen LogP contribution in [0.3, 0.4) is 0 Å². The van der Waals surface area contributed by atoms with Gasteiger partial charge in [0, 0.05) is 10.9 Å². The van der Waals surface area contributed by atoms with Crippen LogP contribution in [0.4, 0.5) is 4.39 Å². The quantitative estimate of drug-likeness (QED) is 0.729. The SMILES string of the molecule is Cc1c(F)ccc2[nH]c(C(=O)ON3C(=O)c4ccccc4C3=O)cc12. The molecule has 0 spiro atoms. The Labute approximate surface area is 140 Å². The van der Waals surface area contributed by atoms with Crippen LogP contribution in [0.5, 0.6) is 0 Å². The van der Waals surface area contributed by atoms with Crippen molar-refractivity contribution >= 4 is 28.7 Å². The molecule has 2 aromatic carbocycles. The van der Waals surface area contributed by atoms with Crippen molar-refractivity contribution in [1.82, 2.24) is 10.0 Å². The van der Waals surface area contributed by atoms with Crippen LogP contribution >= 0.6 is 0 Å². The van der Waals surface area contributed by atoms with E-state index >= 15 is 0 Å². The molecular formula is C18H11FN2O4. The molecule has 2 heterocycles. The van der Waals surface area contributed by atoms with E-state index in [4.69, 9.17) is 4.84 Å². The second kappa shape index (κ2) is 5.27. The molecule has 1 aliphatic rings. The molecule has 0 radical (unpaired) electrons. The predicted octanol–water partition coefficient (Wildman–Crippen LogP) is 2.98. The topological polar surface area (TPSA) is 79.5 Å². The number of H-pyrrole nitrogens is 1. The van der Waals surface area contributed by atoms with Gasteiger partial charge in [-0.05, 0) is 42.8 Å². The first-order chi connectivity index (χ1) is 12.0. The number of amides is 2. The number of fused-ring (bicyclic) bond motifs is 2. The minimum absolute atomic E-state index is 0.0141. The van der Waals surface area contributed by atoms with Crippen molar-refractivity contribution in [2.24, 2.45) is 0 Å². The molecule has 0 saturated carbocycles. The van der Waals surface area contributed by atoms with Gasteiger partial charge in [-0.15, -0.1) is 0 Å². The van der Waals surface area contributed by atoms with Crippen LogP contribution in [0.25, 0.3) is 10.9 Å². The minimum atomic E-state index is -0.912. The number of carbonyl (C=O) groups excluding carboxylic acids is 3. The number of imide groups is 1. The van der Waals surface area contributed by atoms with Crippen LogP contribution in [0.2, 0.25) is 0 Å². The first-order valence-electron chi connectivity index (χ1n) is 7.45. The summed E-state index contributed by atoms with van der Waals surface area (Å²) in [4.78, 5) is 44.5. The lowest BCUT2D eigenvalue weighted by Crippen LogP contribution is -2.32. The number of aromatic nitrogens is 1. The van der Waals surface area contributed by atoms with Crippen LogP contribution in [0.1, 0.15) is 36.8 Å². The Balaban J connectivity index is 1.64. The third kappa shape index (κ3) is 2.20. The summed E-state index contributed by atoms with van der Waals surface area (Å²) in [5.74, 6) is -2.71. The van der Waals surface area contributed by atoms with E-state index in [9.17, 15) is 18.8 Å². The van der Waals surface area contributed by atoms with E-state index in [2.05, 4.69) is 4.98 Å². The smallest absolute Gasteiger partial charge is 0.349 e. The van der Waals surface area contributed by atoms with Crippen LogP contribution in [-0.4, -0.2) is 27.8 Å². The molecule has 6 nitrogen and oxygen atoms in total. The van der Waals surface area contributed by atoms with Crippen molar-refractivity contribution in [3.8, 4) is 0 Å². The van der Waals surface area contributed by atoms with E-state index in [0.717, 1.165) is 0 Å². The van der Waals surface area contributed by atoms with E-state index in [-0.39, 0.29) is 16.8 Å². The number of aryl methyl sites for hydroxylation is 1.